The second-order valence-electron chi connectivity index (χ2n) is 7.50. The first-order valence-electron chi connectivity index (χ1n) is 10.2. The number of fused-ring (bicyclic) bond motifs is 1. The van der Waals surface area contributed by atoms with E-state index in [1.165, 1.54) is 6.20 Å². The summed E-state index contributed by atoms with van der Waals surface area (Å²) >= 11 is 0. The van der Waals surface area contributed by atoms with Crippen molar-refractivity contribution in [1.29, 1.82) is 5.26 Å². The van der Waals surface area contributed by atoms with E-state index in [9.17, 15) is 10.1 Å². The van der Waals surface area contributed by atoms with Gasteiger partial charge in [-0.05, 0) is 66.9 Å². The molecule has 6 nitrogen and oxygen atoms in total. The minimum absolute atomic E-state index is 0.0798. The van der Waals surface area contributed by atoms with E-state index in [0.29, 0.717) is 16.9 Å². The van der Waals surface area contributed by atoms with E-state index in [0.717, 1.165) is 41.6 Å². The highest BCUT2D eigenvalue weighted by Gasteiger charge is 2.22. The van der Waals surface area contributed by atoms with Gasteiger partial charge in [0.05, 0.1) is 17.2 Å². The van der Waals surface area contributed by atoms with Crippen LogP contribution in [0.5, 0.6) is 0 Å². The van der Waals surface area contributed by atoms with Crippen molar-refractivity contribution < 1.29 is 9.53 Å². The van der Waals surface area contributed by atoms with Gasteiger partial charge in [-0.3, -0.25) is 9.78 Å². The van der Waals surface area contributed by atoms with Crippen LogP contribution in [0.1, 0.15) is 40.6 Å². The normalized spacial score (nSPS) is 15.6. The predicted octanol–water partition coefficient (Wildman–Crippen LogP) is 5.00. The van der Waals surface area contributed by atoms with Crippen molar-refractivity contribution in [3.63, 3.8) is 0 Å². The summed E-state index contributed by atoms with van der Waals surface area (Å²) in [5.74, 6) is -0.216. The van der Waals surface area contributed by atoms with E-state index in [-0.39, 0.29) is 12.0 Å². The van der Waals surface area contributed by atoms with Crippen molar-refractivity contribution in [2.45, 2.75) is 18.9 Å². The lowest BCUT2D eigenvalue weighted by atomic mass is 10.0. The Labute approximate surface area is 179 Å². The molecule has 1 unspecified atom stereocenters. The van der Waals surface area contributed by atoms with Crippen molar-refractivity contribution >= 4 is 22.5 Å². The van der Waals surface area contributed by atoms with Crippen LogP contribution in [0.2, 0.25) is 0 Å². The fourth-order valence-electron chi connectivity index (χ4n) is 4.11. The van der Waals surface area contributed by atoms with Gasteiger partial charge in [-0.1, -0.05) is 12.1 Å². The maximum absolute atomic E-state index is 12.4. The molecule has 6 heteroatoms. The van der Waals surface area contributed by atoms with Crippen LogP contribution in [0.25, 0.3) is 16.6 Å². The molecule has 1 N–H and O–H groups in total. The van der Waals surface area contributed by atoms with Gasteiger partial charge in [0, 0.05) is 35.8 Å². The molecule has 1 aliphatic heterocycles. The molecule has 0 radical (unpaired) electrons. The summed E-state index contributed by atoms with van der Waals surface area (Å²) < 4.78 is 7.83. The predicted molar refractivity (Wildman–Crippen MR) is 118 cm³/mol. The van der Waals surface area contributed by atoms with Gasteiger partial charge in [0.2, 0.25) is 0 Å². The molecule has 152 valence electrons. The van der Waals surface area contributed by atoms with Crippen LogP contribution in [-0.2, 0) is 4.74 Å². The number of hydrogen-bond donors (Lipinski definition) is 1. The fourth-order valence-corrected chi connectivity index (χ4v) is 4.11. The third kappa shape index (κ3) is 3.56. The van der Waals surface area contributed by atoms with Crippen molar-refractivity contribution in [2.24, 2.45) is 0 Å². The fraction of sp³-hybridized carbons (Fsp3) is 0.160. The number of carbonyl (C=O) groups is 1. The third-order valence-corrected chi connectivity index (χ3v) is 5.58. The summed E-state index contributed by atoms with van der Waals surface area (Å²) in [5.41, 5.74) is 4.69. The second-order valence-corrected chi connectivity index (χ2v) is 7.50. The molecule has 5 rings (SSSR count). The summed E-state index contributed by atoms with van der Waals surface area (Å²) in [5, 5.41) is 13.7. The Morgan fingerprint density at radius 3 is 2.74 bits per heavy atom. The van der Waals surface area contributed by atoms with Gasteiger partial charge in [0.1, 0.15) is 11.8 Å². The number of rotatable bonds is 4. The lowest BCUT2D eigenvalue weighted by molar-refractivity contribution is 0.102. The van der Waals surface area contributed by atoms with E-state index in [1.54, 1.807) is 18.3 Å². The molecular formula is C25H20N4O2. The van der Waals surface area contributed by atoms with E-state index >= 15 is 0 Å². The Kier molecular flexibility index (Phi) is 4.95. The molecular weight excluding hydrogens is 388 g/mol. The van der Waals surface area contributed by atoms with Gasteiger partial charge >= 0.3 is 0 Å². The molecule has 1 atom stereocenters. The average molecular weight is 408 g/mol. The minimum Gasteiger partial charge on any atom is -0.374 e. The number of pyridine rings is 1. The van der Waals surface area contributed by atoms with Crippen LogP contribution < -0.4 is 5.32 Å². The van der Waals surface area contributed by atoms with Crippen molar-refractivity contribution in [3.8, 4) is 11.8 Å². The Bertz CT molecular complexity index is 1280. The molecule has 0 spiro atoms. The topological polar surface area (TPSA) is 79.9 Å². The van der Waals surface area contributed by atoms with E-state index in [1.807, 2.05) is 47.0 Å². The number of nitrogens with zero attached hydrogens (tertiary/aromatic N) is 3. The van der Waals surface area contributed by atoms with Gasteiger partial charge in [0.25, 0.3) is 5.91 Å². The molecule has 2 aromatic heterocycles. The lowest BCUT2D eigenvalue weighted by Gasteiger charge is -2.13. The van der Waals surface area contributed by atoms with Crippen molar-refractivity contribution in [2.75, 3.05) is 11.9 Å². The van der Waals surface area contributed by atoms with Crippen LogP contribution >= 0.6 is 0 Å². The summed E-state index contributed by atoms with van der Waals surface area (Å²) in [6.07, 6.45) is 5.29. The molecule has 0 bridgehead atoms. The molecule has 2 aromatic carbocycles. The number of hydrogen-bond acceptors (Lipinski definition) is 4. The summed E-state index contributed by atoms with van der Waals surface area (Å²) in [7, 11) is 0. The van der Waals surface area contributed by atoms with Crippen LogP contribution in [0.3, 0.4) is 0 Å². The highest BCUT2D eigenvalue weighted by atomic mass is 16.5. The first-order chi connectivity index (χ1) is 15.2. The standard InChI is InChI=1S/C25H20N4O2/c26-15-20-14-22-21(24-7-3-13-31-24)5-1-6-23(22)29(20)19-10-8-18(9-11-19)28-25(30)17-4-2-12-27-16-17/h1-2,4-6,8-12,14,16,24H,3,7,13H2,(H,28,30). The molecule has 1 aliphatic rings. The number of nitrogens with one attached hydrogen (secondary N) is 1. The number of benzene rings is 2. The van der Waals surface area contributed by atoms with Crippen LogP contribution in [0.4, 0.5) is 5.69 Å². The number of ether oxygens (including phenoxy) is 1. The zero-order valence-corrected chi connectivity index (χ0v) is 16.8. The largest absolute Gasteiger partial charge is 0.374 e. The first-order valence-corrected chi connectivity index (χ1v) is 10.2. The zero-order valence-electron chi connectivity index (χ0n) is 16.8. The van der Waals surface area contributed by atoms with Crippen LogP contribution in [0.15, 0.2) is 73.1 Å². The average Bonchev–Trinajstić information content (AvgIpc) is 3.48. The quantitative estimate of drug-likeness (QED) is 0.515. The van der Waals surface area contributed by atoms with Gasteiger partial charge in [-0.25, -0.2) is 0 Å². The van der Waals surface area contributed by atoms with E-state index in [4.69, 9.17) is 4.74 Å². The van der Waals surface area contributed by atoms with E-state index in [2.05, 4.69) is 22.4 Å². The summed E-state index contributed by atoms with van der Waals surface area (Å²) in [6, 6.07) is 21.3. The van der Waals surface area contributed by atoms with Crippen molar-refractivity contribution in [3.05, 3.63) is 89.9 Å². The smallest absolute Gasteiger partial charge is 0.257 e. The number of carbonyl (C=O) groups excluding carboxylic acids is 1. The Morgan fingerprint density at radius 1 is 1.16 bits per heavy atom. The second kappa shape index (κ2) is 8.05. The number of nitriles is 1. The molecule has 4 aromatic rings. The van der Waals surface area contributed by atoms with Gasteiger partial charge in [-0.2, -0.15) is 5.26 Å². The molecule has 1 saturated heterocycles. The van der Waals surface area contributed by atoms with Crippen LogP contribution in [0, 0.1) is 11.3 Å². The molecule has 1 amide bonds. The molecule has 31 heavy (non-hydrogen) atoms. The maximum Gasteiger partial charge on any atom is 0.257 e. The maximum atomic E-state index is 12.4. The summed E-state index contributed by atoms with van der Waals surface area (Å²) in [6.45, 7) is 0.777. The van der Waals surface area contributed by atoms with E-state index < -0.39 is 0 Å². The molecule has 0 saturated carbocycles. The number of amides is 1. The summed E-state index contributed by atoms with van der Waals surface area (Å²) in [4.78, 5) is 16.3. The molecule has 1 fully saturated rings. The van der Waals surface area contributed by atoms with Gasteiger partial charge < -0.3 is 14.6 Å². The minimum atomic E-state index is -0.216. The Hall–Kier alpha value is -3.95. The SMILES string of the molecule is N#Cc1cc2c(C3CCCO3)cccc2n1-c1ccc(NC(=O)c2cccnc2)cc1. The molecule has 0 aliphatic carbocycles. The highest BCUT2D eigenvalue weighted by Crippen LogP contribution is 2.36. The van der Waals surface area contributed by atoms with Crippen molar-refractivity contribution in [1.82, 2.24) is 9.55 Å². The highest BCUT2D eigenvalue weighted by molar-refractivity contribution is 6.04. The number of aromatic nitrogens is 2. The Balaban J connectivity index is 1.48. The van der Waals surface area contributed by atoms with Crippen LogP contribution in [-0.4, -0.2) is 22.1 Å². The number of anilines is 1. The van der Waals surface area contributed by atoms with Gasteiger partial charge in [0.15, 0.2) is 0 Å². The first kappa shape index (κ1) is 19.0. The molecule has 3 heterocycles. The van der Waals surface area contributed by atoms with Gasteiger partial charge in [-0.15, -0.1) is 0 Å². The monoisotopic (exact) mass is 408 g/mol. The third-order valence-electron chi connectivity index (χ3n) is 5.58. The Morgan fingerprint density at radius 2 is 2.03 bits per heavy atom. The lowest BCUT2D eigenvalue weighted by Crippen LogP contribution is -2.12. The zero-order chi connectivity index (χ0) is 21.2.